The maximum atomic E-state index is 13.0. The van der Waals surface area contributed by atoms with Crippen LogP contribution in [0.15, 0.2) is 65.5 Å². The minimum Gasteiger partial charge on any atom is -0.492 e. The second kappa shape index (κ2) is 10.2. The lowest BCUT2D eigenvalue weighted by molar-refractivity contribution is 0.0935. The van der Waals surface area contributed by atoms with Gasteiger partial charge in [-0.25, -0.2) is 4.68 Å². The standard InChI is InChI=1S/C27H29N3O5/c31-25-11-9-22(29-30(25)14-15-33-21-6-2-1-3-7-21)26(32)28-19-27(12-4-5-13-27)20-8-10-23-24(18-20)35-17-16-34-23/h1-3,6-11,18H,4-5,12-17,19H2,(H,28,32). The van der Waals surface area contributed by atoms with Crippen molar-refractivity contribution in [2.24, 2.45) is 0 Å². The molecule has 5 rings (SSSR count). The summed E-state index contributed by atoms with van der Waals surface area (Å²) in [6.07, 6.45) is 4.18. The molecule has 1 N–H and O–H groups in total. The summed E-state index contributed by atoms with van der Waals surface area (Å²) < 4.78 is 18.4. The Hall–Kier alpha value is -3.81. The van der Waals surface area contributed by atoms with Gasteiger partial charge in [-0.2, -0.15) is 5.10 Å². The molecular formula is C27H29N3O5. The van der Waals surface area contributed by atoms with Crippen molar-refractivity contribution < 1.29 is 19.0 Å². The smallest absolute Gasteiger partial charge is 0.271 e. The lowest BCUT2D eigenvalue weighted by atomic mass is 9.78. The highest BCUT2D eigenvalue weighted by Crippen LogP contribution is 2.43. The van der Waals surface area contributed by atoms with Gasteiger partial charge in [0.1, 0.15) is 31.3 Å². The number of amides is 1. The lowest BCUT2D eigenvalue weighted by Gasteiger charge is -2.31. The van der Waals surface area contributed by atoms with E-state index in [-0.39, 0.29) is 35.7 Å². The fourth-order valence-electron chi connectivity index (χ4n) is 4.83. The first-order chi connectivity index (χ1) is 17.1. The summed E-state index contributed by atoms with van der Waals surface area (Å²) in [5, 5.41) is 7.35. The summed E-state index contributed by atoms with van der Waals surface area (Å²) >= 11 is 0. The van der Waals surface area contributed by atoms with E-state index < -0.39 is 0 Å². The molecule has 0 spiro atoms. The fraction of sp³-hybridized carbons (Fsp3) is 0.370. The Balaban J connectivity index is 1.25. The molecule has 0 unspecified atom stereocenters. The van der Waals surface area contributed by atoms with E-state index in [4.69, 9.17) is 14.2 Å². The van der Waals surface area contributed by atoms with Gasteiger partial charge in [-0.15, -0.1) is 0 Å². The van der Waals surface area contributed by atoms with Crippen molar-refractivity contribution in [3.05, 3.63) is 82.3 Å². The maximum absolute atomic E-state index is 13.0. The van der Waals surface area contributed by atoms with Crippen molar-refractivity contribution in [2.45, 2.75) is 37.6 Å². The number of carbonyl (C=O) groups is 1. The molecule has 1 saturated carbocycles. The monoisotopic (exact) mass is 475 g/mol. The predicted molar refractivity (Wildman–Crippen MR) is 130 cm³/mol. The summed E-state index contributed by atoms with van der Waals surface area (Å²) in [6, 6.07) is 18.3. The minimum atomic E-state index is -0.299. The van der Waals surface area contributed by atoms with E-state index in [2.05, 4.69) is 22.5 Å². The third kappa shape index (κ3) is 5.16. The molecule has 182 valence electrons. The normalized spacial score (nSPS) is 16.0. The van der Waals surface area contributed by atoms with E-state index in [1.54, 1.807) is 0 Å². The molecule has 1 aliphatic heterocycles. The van der Waals surface area contributed by atoms with Gasteiger partial charge in [0.25, 0.3) is 11.5 Å². The first-order valence-corrected chi connectivity index (χ1v) is 12.1. The first kappa shape index (κ1) is 23.0. The van der Waals surface area contributed by atoms with Crippen molar-refractivity contribution in [1.29, 1.82) is 0 Å². The van der Waals surface area contributed by atoms with Gasteiger partial charge >= 0.3 is 0 Å². The third-order valence-corrected chi connectivity index (χ3v) is 6.72. The van der Waals surface area contributed by atoms with Gasteiger partial charge in [0.05, 0.1) is 6.54 Å². The van der Waals surface area contributed by atoms with Gasteiger partial charge < -0.3 is 19.5 Å². The summed E-state index contributed by atoms with van der Waals surface area (Å²) in [6.45, 7) is 2.10. The Kier molecular flexibility index (Phi) is 6.70. The van der Waals surface area contributed by atoms with Gasteiger partial charge in [0.2, 0.25) is 0 Å². The largest absolute Gasteiger partial charge is 0.492 e. The van der Waals surface area contributed by atoms with Crippen LogP contribution >= 0.6 is 0 Å². The number of fused-ring (bicyclic) bond motifs is 1. The van der Waals surface area contributed by atoms with Crippen LogP contribution in [0.1, 0.15) is 41.7 Å². The number of rotatable bonds is 8. The van der Waals surface area contributed by atoms with E-state index in [0.29, 0.717) is 19.8 Å². The molecule has 0 saturated heterocycles. The lowest BCUT2D eigenvalue weighted by Crippen LogP contribution is -2.40. The summed E-state index contributed by atoms with van der Waals surface area (Å²) in [5.74, 6) is 1.94. The second-order valence-corrected chi connectivity index (χ2v) is 8.97. The minimum absolute atomic E-state index is 0.163. The Morgan fingerprint density at radius 3 is 2.57 bits per heavy atom. The van der Waals surface area contributed by atoms with E-state index in [1.807, 2.05) is 36.4 Å². The summed E-state index contributed by atoms with van der Waals surface area (Å²) in [5.41, 5.74) is 0.917. The van der Waals surface area contributed by atoms with Gasteiger partial charge in [-0.1, -0.05) is 37.1 Å². The Morgan fingerprint density at radius 1 is 1.00 bits per heavy atom. The Morgan fingerprint density at radius 2 is 1.77 bits per heavy atom. The number of benzene rings is 2. The molecule has 8 heteroatoms. The van der Waals surface area contributed by atoms with Crippen molar-refractivity contribution in [3.8, 4) is 17.2 Å². The number of aromatic nitrogens is 2. The first-order valence-electron chi connectivity index (χ1n) is 12.1. The fourth-order valence-corrected chi connectivity index (χ4v) is 4.83. The molecule has 1 fully saturated rings. The van der Waals surface area contributed by atoms with Crippen LogP contribution in [0.2, 0.25) is 0 Å². The molecule has 8 nitrogen and oxygen atoms in total. The number of nitrogens with zero attached hydrogens (tertiary/aromatic N) is 2. The molecule has 3 aromatic rings. The highest BCUT2D eigenvalue weighted by Gasteiger charge is 2.37. The average molecular weight is 476 g/mol. The average Bonchev–Trinajstić information content (AvgIpc) is 3.39. The summed E-state index contributed by atoms with van der Waals surface area (Å²) in [7, 11) is 0. The van der Waals surface area contributed by atoms with Crippen LogP contribution < -0.4 is 25.1 Å². The molecule has 2 aromatic carbocycles. The van der Waals surface area contributed by atoms with E-state index in [0.717, 1.165) is 48.5 Å². The topological polar surface area (TPSA) is 91.7 Å². The number of para-hydroxylation sites is 1. The molecule has 1 aliphatic carbocycles. The number of ether oxygens (including phenoxy) is 3. The van der Waals surface area contributed by atoms with Crippen LogP contribution in [0.4, 0.5) is 0 Å². The molecule has 1 amide bonds. The molecule has 0 radical (unpaired) electrons. The number of nitrogens with one attached hydrogen (secondary N) is 1. The summed E-state index contributed by atoms with van der Waals surface area (Å²) in [4.78, 5) is 25.2. The van der Waals surface area contributed by atoms with Gasteiger partial charge in [0.15, 0.2) is 11.5 Å². The highest BCUT2D eigenvalue weighted by molar-refractivity contribution is 5.92. The van der Waals surface area contributed by atoms with Crippen LogP contribution in [-0.2, 0) is 12.0 Å². The molecule has 2 heterocycles. The molecule has 0 atom stereocenters. The van der Waals surface area contributed by atoms with Crippen LogP contribution in [0.5, 0.6) is 17.2 Å². The second-order valence-electron chi connectivity index (χ2n) is 8.97. The van der Waals surface area contributed by atoms with Crippen molar-refractivity contribution in [1.82, 2.24) is 15.1 Å². The molecule has 35 heavy (non-hydrogen) atoms. The zero-order chi connectivity index (χ0) is 24.1. The van der Waals surface area contributed by atoms with Gasteiger partial charge in [-0.05, 0) is 48.7 Å². The number of hydrogen-bond donors (Lipinski definition) is 1. The molecule has 0 bridgehead atoms. The van der Waals surface area contributed by atoms with Gasteiger partial charge in [-0.3, -0.25) is 9.59 Å². The van der Waals surface area contributed by atoms with E-state index in [1.165, 1.54) is 16.8 Å². The quantitative estimate of drug-likeness (QED) is 0.537. The van der Waals surface area contributed by atoms with Crippen molar-refractivity contribution in [2.75, 3.05) is 26.4 Å². The van der Waals surface area contributed by atoms with Gasteiger partial charge in [0, 0.05) is 18.0 Å². The molecular weight excluding hydrogens is 446 g/mol. The Labute approximate surface area is 203 Å². The zero-order valence-corrected chi connectivity index (χ0v) is 19.6. The van der Waals surface area contributed by atoms with Crippen LogP contribution in [0, 0.1) is 0 Å². The third-order valence-electron chi connectivity index (χ3n) is 6.72. The van der Waals surface area contributed by atoms with Crippen LogP contribution in [0.3, 0.4) is 0 Å². The molecule has 2 aliphatic rings. The van der Waals surface area contributed by atoms with Crippen LogP contribution in [0.25, 0.3) is 0 Å². The van der Waals surface area contributed by atoms with Crippen molar-refractivity contribution in [3.63, 3.8) is 0 Å². The van der Waals surface area contributed by atoms with Crippen LogP contribution in [-0.4, -0.2) is 42.1 Å². The van der Waals surface area contributed by atoms with Crippen molar-refractivity contribution >= 4 is 5.91 Å². The maximum Gasteiger partial charge on any atom is 0.271 e. The number of carbonyl (C=O) groups excluding carboxylic acids is 1. The van der Waals surface area contributed by atoms with E-state index >= 15 is 0 Å². The Bertz CT molecular complexity index is 1240. The predicted octanol–water partition coefficient (Wildman–Crippen LogP) is 3.34. The SMILES string of the molecule is O=C(NCC1(c2ccc3c(c2)OCCO3)CCCC1)c1ccc(=O)n(CCOc2ccccc2)n1. The molecule has 1 aromatic heterocycles. The highest BCUT2D eigenvalue weighted by atomic mass is 16.6. The number of hydrogen-bond acceptors (Lipinski definition) is 6. The van der Waals surface area contributed by atoms with E-state index in [9.17, 15) is 9.59 Å². The zero-order valence-electron chi connectivity index (χ0n) is 19.6.